The van der Waals surface area contributed by atoms with E-state index in [0.717, 1.165) is 5.69 Å². The van der Waals surface area contributed by atoms with E-state index in [1.807, 2.05) is 6.07 Å². The van der Waals surface area contributed by atoms with Crippen LogP contribution < -0.4 is 9.62 Å². The van der Waals surface area contributed by atoms with Crippen LogP contribution in [0, 0.1) is 0 Å². The molecular weight excluding hydrogens is 188 g/mol. The molecule has 1 rings (SSSR count). The van der Waals surface area contributed by atoms with Crippen molar-refractivity contribution in [2.75, 3.05) is 23.7 Å². The Morgan fingerprint density at radius 1 is 1.54 bits per heavy atom. The van der Waals surface area contributed by atoms with Gasteiger partial charge in [-0.05, 0) is 18.2 Å². The Kier molecular flexibility index (Phi) is 3.27. The summed E-state index contributed by atoms with van der Waals surface area (Å²) >= 11 is -2.22. The van der Waals surface area contributed by atoms with Crippen LogP contribution in [0.15, 0.2) is 24.3 Å². The van der Waals surface area contributed by atoms with Crippen molar-refractivity contribution in [1.82, 2.24) is 0 Å². The standard InChI is InChI=1S/C8H12N2O2S/c1-9-7-4-3-5-8(6-7)10(2)13(11)12/h3-6,9H,1-2H3,(H,11,12)/p-1. The zero-order valence-electron chi connectivity index (χ0n) is 7.48. The largest absolute Gasteiger partial charge is 0.755 e. The van der Waals surface area contributed by atoms with E-state index in [9.17, 15) is 8.76 Å². The van der Waals surface area contributed by atoms with Gasteiger partial charge in [0.2, 0.25) is 0 Å². The van der Waals surface area contributed by atoms with Gasteiger partial charge in [0.05, 0.1) is 0 Å². The summed E-state index contributed by atoms with van der Waals surface area (Å²) in [6.07, 6.45) is 0. The third-order valence-corrected chi connectivity index (χ3v) is 2.38. The Hall–Kier alpha value is -1.07. The molecule has 1 aromatic rings. The lowest BCUT2D eigenvalue weighted by molar-refractivity contribution is 0.535. The molecule has 0 saturated carbocycles. The van der Waals surface area contributed by atoms with E-state index in [4.69, 9.17) is 0 Å². The molecule has 1 unspecified atom stereocenters. The van der Waals surface area contributed by atoms with Crippen molar-refractivity contribution in [3.63, 3.8) is 0 Å². The van der Waals surface area contributed by atoms with Gasteiger partial charge in [0, 0.05) is 36.7 Å². The van der Waals surface area contributed by atoms with E-state index in [0.29, 0.717) is 5.69 Å². The van der Waals surface area contributed by atoms with Gasteiger partial charge in [-0.15, -0.1) is 0 Å². The van der Waals surface area contributed by atoms with Gasteiger partial charge in [-0.25, -0.2) is 0 Å². The Labute approximate surface area is 80.0 Å². The summed E-state index contributed by atoms with van der Waals surface area (Å²) in [4.78, 5) is 0. The molecule has 0 amide bonds. The molecule has 0 fully saturated rings. The van der Waals surface area contributed by atoms with Gasteiger partial charge in [0.15, 0.2) is 0 Å². The van der Waals surface area contributed by atoms with Crippen LogP contribution in [0.1, 0.15) is 0 Å². The monoisotopic (exact) mass is 199 g/mol. The topological polar surface area (TPSA) is 55.4 Å². The van der Waals surface area contributed by atoms with Gasteiger partial charge < -0.3 is 14.2 Å². The maximum atomic E-state index is 10.6. The molecule has 13 heavy (non-hydrogen) atoms. The minimum absolute atomic E-state index is 0.639. The predicted octanol–water partition coefficient (Wildman–Crippen LogP) is 0.959. The fourth-order valence-electron chi connectivity index (χ4n) is 0.943. The van der Waals surface area contributed by atoms with Crippen LogP contribution in [0.25, 0.3) is 0 Å². The highest BCUT2D eigenvalue weighted by Crippen LogP contribution is 2.18. The van der Waals surface area contributed by atoms with Crippen molar-refractivity contribution >= 4 is 22.6 Å². The van der Waals surface area contributed by atoms with E-state index in [1.165, 1.54) is 11.4 Å². The molecule has 0 spiro atoms. The minimum atomic E-state index is -2.22. The van der Waals surface area contributed by atoms with Gasteiger partial charge in [-0.2, -0.15) is 0 Å². The van der Waals surface area contributed by atoms with Gasteiger partial charge >= 0.3 is 0 Å². The number of nitrogens with zero attached hydrogens (tertiary/aromatic N) is 1. The molecule has 0 bridgehead atoms. The summed E-state index contributed by atoms with van der Waals surface area (Å²) in [6.45, 7) is 0. The van der Waals surface area contributed by atoms with Crippen LogP contribution >= 0.6 is 0 Å². The second-order valence-corrected chi connectivity index (χ2v) is 3.50. The second-order valence-electron chi connectivity index (χ2n) is 2.51. The molecule has 1 N–H and O–H groups in total. The highest BCUT2D eigenvalue weighted by Gasteiger charge is 2.00. The van der Waals surface area contributed by atoms with Crippen molar-refractivity contribution in [2.45, 2.75) is 0 Å². The third kappa shape index (κ3) is 2.43. The molecule has 0 radical (unpaired) electrons. The summed E-state index contributed by atoms with van der Waals surface area (Å²) in [5, 5.41) is 2.93. The summed E-state index contributed by atoms with van der Waals surface area (Å²) < 4.78 is 22.4. The molecule has 0 aliphatic heterocycles. The first kappa shape index (κ1) is 10.0. The molecule has 0 aromatic heterocycles. The van der Waals surface area contributed by atoms with Crippen LogP contribution in [0.2, 0.25) is 0 Å². The van der Waals surface area contributed by atoms with E-state index in [-0.39, 0.29) is 0 Å². The van der Waals surface area contributed by atoms with E-state index >= 15 is 0 Å². The molecule has 5 heteroatoms. The molecule has 0 aliphatic rings. The van der Waals surface area contributed by atoms with Crippen molar-refractivity contribution in [3.05, 3.63) is 24.3 Å². The van der Waals surface area contributed by atoms with E-state index in [1.54, 1.807) is 25.2 Å². The average molecular weight is 199 g/mol. The fourth-order valence-corrected chi connectivity index (χ4v) is 1.23. The van der Waals surface area contributed by atoms with E-state index in [2.05, 4.69) is 5.32 Å². The van der Waals surface area contributed by atoms with E-state index < -0.39 is 11.3 Å². The normalized spacial score (nSPS) is 12.2. The summed E-state index contributed by atoms with van der Waals surface area (Å²) in [6, 6.07) is 7.15. The number of anilines is 2. The average Bonchev–Trinajstić information content (AvgIpc) is 2.16. The van der Waals surface area contributed by atoms with Crippen molar-refractivity contribution in [3.8, 4) is 0 Å². The lowest BCUT2D eigenvalue weighted by Crippen LogP contribution is -2.19. The predicted molar refractivity (Wildman–Crippen MR) is 53.3 cm³/mol. The van der Waals surface area contributed by atoms with Crippen molar-refractivity contribution < 1.29 is 8.76 Å². The molecule has 1 aromatic carbocycles. The van der Waals surface area contributed by atoms with Gasteiger partial charge in [-0.1, -0.05) is 6.07 Å². The second kappa shape index (κ2) is 4.25. The number of rotatable bonds is 3. The molecule has 0 aliphatic carbocycles. The zero-order chi connectivity index (χ0) is 9.84. The van der Waals surface area contributed by atoms with Gasteiger partial charge in [0.25, 0.3) is 0 Å². The first-order valence-corrected chi connectivity index (χ1v) is 4.79. The SMILES string of the molecule is CNc1cccc(N(C)S(=O)[O-])c1. The quantitative estimate of drug-likeness (QED) is 0.738. The first-order valence-electron chi connectivity index (χ1n) is 3.76. The molecule has 72 valence electrons. The van der Waals surface area contributed by atoms with Crippen molar-refractivity contribution in [1.29, 1.82) is 0 Å². The zero-order valence-corrected chi connectivity index (χ0v) is 8.30. The smallest absolute Gasteiger partial charge is 0.0499 e. The molecule has 1 atom stereocenters. The number of hydrogen-bond donors (Lipinski definition) is 1. The third-order valence-electron chi connectivity index (χ3n) is 1.72. The fraction of sp³-hybridized carbons (Fsp3) is 0.250. The number of nitrogens with one attached hydrogen (secondary N) is 1. The van der Waals surface area contributed by atoms with Crippen LogP contribution in [0.5, 0.6) is 0 Å². The molecular formula is C8H11N2O2S-. The van der Waals surface area contributed by atoms with Gasteiger partial charge in [0.1, 0.15) is 0 Å². The highest BCUT2D eigenvalue weighted by atomic mass is 32.2. The van der Waals surface area contributed by atoms with Crippen LogP contribution in [-0.2, 0) is 11.3 Å². The molecule has 0 heterocycles. The number of benzene rings is 1. The number of hydrogen-bond acceptors (Lipinski definition) is 3. The Bertz CT molecular complexity index is 317. The van der Waals surface area contributed by atoms with Crippen LogP contribution in [0.4, 0.5) is 11.4 Å². The Morgan fingerprint density at radius 3 is 2.77 bits per heavy atom. The Morgan fingerprint density at radius 2 is 2.23 bits per heavy atom. The van der Waals surface area contributed by atoms with Crippen LogP contribution in [-0.4, -0.2) is 22.9 Å². The lowest BCUT2D eigenvalue weighted by Gasteiger charge is -2.21. The first-order chi connectivity index (χ1) is 6.15. The minimum Gasteiger partial charge on any atom is -0.755 e. The summed E-state index contributed by atoms with van der Waals surface area (Å²) in [5.74, 6) is 0. The lowest BCUT2D eigenvalue weighted by atomic mass is 10.3. The highest BCUT2D eigenvalue weighted by molar-refractivity contribution is 7.80. The molecule has 0 saturated heterocycles. The van der Waals surface area contributed by atoms with Crippen molar-refractivity contribution in [2.24, 2.45) is 0 Å². The van der Waals surface area contributed by atoms with Gasteiger partial charge in [-0.3, -0.25) is 4.21 Å². The summed E-state index contributed by atoms with van der Waals surface area (Å²) in [5.41, 5.74) is 1.52. The maximum Gasteiger partial charge on any atom is 0.0499 e. The maximum absolute atomic E-state index is 10.6. The Balaban J connectivity index is 2.94. The van der Waals surface area contributed by atoms with Crippen LogP contribution in [0.3, 0.4) is 0 Å². The molecule has 4 nitrogen and oxygen atoms in total. The summed E-state index contributed by atoms with van der Waals surface area (Å²) in [7, 11) is 3.28.